The van der Waals surface area contributed by atoms with Crippen molar-refractivity contribution < 1.29 is 0 Å². The topological polar surface area (TPSA) is 26.0 Å². The van der Waals surface area contributed by atoms with E-state index in [1.165, 1.54) is 16.3 Å². The maximum atomic E-state index is 5.63. The standard InChI is InChI=1S/C12H13NS/c13-12(14)8-9-5-6-10-3-1-2-4-11(10)7-9/h1-7,12,14H,8,13H2. The van der Waals surface area contributed by atoms with E-state index in [9.17, 15) is 0 Å². The van der Waals surface area contributed by atoms with E-state index in [0.29, 0.717) is 0 Å². The Morgan fingerprint density at radius 2 is 1.79 bits per heavy atom. The van der Waals surface area contributed by atoms with Crippen molar-refractivity contribution in [1.29, 1.82) is 0 Å². The molecule has 0 heterocycles. The van der Waals surface area contributed by atoms with Gasteiger partial charge in [-0.3, -0.25) is 0 Å². The first-order chi connectivity index (χ1) is 6.75. The Labute approximate surface area is 89.3 Å². The van der Waals surface area contributed by atoms with Crippen LogP contribution >= 0.6 is 12.6 Å². The highest BCUT2D eigenvalue weighted by Crippen LogP contribution is 2.16. The molecule has 0 aliphatic heterocycles. The number of rotatable bonds is 2. The summed E-state index contributed by atoms with van der Waals surface area (Å²) in [6.07, 6.45) is 0.813. The molecule has 0 bridgehead atoms. The molecule has 0 amide bonds. The zero-order chi connectivity index (χ0) is 9.97. The summed E-state index contributed by atoms with van der Waals surface area (Å²) >= 11 is 4.18. The van der Waals surface area contributed by atoms with Gasteiger partial charge in [0, 0.05) is 0 Å². The van der Waals surface area contributed by atoms with Gasteiger partial charge in [-0.25, -0.2) is 0 Å². The third-order valence-corrected chi connectivity index (χ3v) is 2.44. The smallest absolute Gasteiger partial charge is 0.0518 e. The van der Waals surface area contributed by atoms with Crippen molar-refractivity contribution >= 4 is 23.4 Å². The van der Waals surface area contributed by atoms with Gasteiger partial charge in [0.15, 0.2) is 0 Å². The summed E-state index contributed by atoms with van der Waals surface area (Å²) in [5, 5.41) is 2.46. The zero-order valence-electron chi connectivity index (χ0n) is 7.85. The van der Waals surface area contributed by atoms with Gasteiger partial charge in [0.2, 0.25) is 0 Å². The van der Waals surface area contributed by atoms with Crippen LogP contribution in [0.5, 0.6) is 0 Å². The lowest BCUT2D eigenvalue weighted by atomic mass is 10.1. The highest BCUT2D eigenvalue weighted by atomic mass is 32.1. The molecule has 1 nitrogen and oxygen atoms in total. The Kier molecular flexibility index (Phi) is 2.75. The summed E-state index contributed by atoms with van der Waals surface area (Å²) in [7, 11) is 0. The molecule has 0 fully saturated rings. The zero-order valence-corrected chi connectivity index (χ0v) is 8.74. The minimum absolute atomic E-state index is 0.0730. The largest absolute Gasteiger partial charge is 0.319 e. The minimum atomic E-state index is -0.0730. The molecule has 1 atom stereocenters. The van der Waals surface area contributed by atoms with Crippen molar-refractivity contribution in [3.63, 3.8) is 0 Å². The first-order valence-electron chi connectivity index (χ1n) is 4.67. The molecule has 2 aromatic carbocycles. The van der Waals surface area contributed by atoms with Crippen molar-refractivity contribution in [2.75, 3.05) is 0 Å². The van der Waals surface area contributed by atoms with E-state index < -0.39 is 0 Å². The van der Waals surface area contributed by atoms with Gasteiger partial charge in [-0.1, -0.05) is 42.5 Å². The van der Waals surface area contributed by atoms with E-state index in [1.807, 2.05) is 12.1 Å². The van der Waals surface area contributed by atoms with Crippen molar-refractivity contribution in [2.45, 2.75) is 11.8 Å². The van der Waals surface area contributed by atoms with Crippen LogP contribution in [0.15, 0.2) is 42.5 Å². The summed E-state index contributed by atoms with van der Waals surface area (Å²) in [6, 6.07) is 14.7. The lowest BCUT2D eigenvalue weighted by Gasteiger charge is -2.05. The molecule has 0 spiro atoms. The molecule has 14 heavy (non-hydrogen) atoms. The van der Waals surface area contributed by atoms with Crippen molar-refractivity contribution in [3.8, 4) is 0 Å². The minimum Gasteiger partial charge on any atom is -0.319 e. The fourth-order valence-corrected chi connectivity index (χ4v) is 1.82. The first-order valence-corrected chi connectivity index (χ1v) is 5.19. The predicted molar refractivity (Wildman–Crippen MR) is 64.6 cm³/mol. The monoisotopic (exact) mass is 203 g/mol. The molecule has 0 aromatic heterocycles. The van der Waals surface area contributed by atoms with Crippen LogP contribution in [-0.2, 0) is 6.42 Å². The summed E-state index contributed by atoms with van der Waals surface area (Å²) in [5.41, 5.74) is 6.87. The van der Waals surface area contributed by atoms with E-state index in [1.54, 1.807) is 0 Å². The molecule has 2 aromatic rings. The summed E-state index contributed by atoms with van der Waals surface area (Å²) in [4.78, 5) is 0. The molecular weight excluding hydrogens is 190 g/mol. The molecule has 0 saturated carbocycles. The molecule has 0 aliphatic carbocycles. The fraction of sp³-hybridized carbons (Fsp3) is 0.167. The second kappa shape index (κ2) is 4.03. The molecular formula is C12H13NS. The molecule has 2 heteroatoms. The Hall–Kier alpha value is -0.990. The van der Waals surface area contributed by atoms with Gasteiger partial charge in [0.1, 0.15) is 0 Å². The van der Waals surface area contributed by atoms with Gasteiger partial charge in [-0.15, -0.1) is 0 Å². The van der Waals surface area contributed by atoms with E-state index in [2.05, 4.69) is 43.0 Å². The van der Waals surface area contributed by atoms with E-state index in [-0.39, 0.29) is 5.37 Å². The van der Waals surface area contributed by atoms with Crippen LogP contribution in [0.1, 0.15) is 5.56 Å². The van der Waals surface area contributed by atoms with Crippen LogP contribution in [0, 0.1) is 0 Å². The van der Waals surface area contributed by atoms with Gasteiger partial charge in [0.25, 0.3) is 0 Å². The van der Waals surface area contributed by atoms with E-state index >= 15 is 0 Å². The second-order valence-corrected chi connectivity index (χ2v) is 4.12. The highest BCUT2D eigenvalue weighted by molar-refractivity contribution is 7.80. The fourth-order valence-electron chi connectivity index (χ4n) is 1.61. The first kappa shape index (κ1) is 9.56. The Bertz CT molecular complexity index is 437. The molecule has 0 radical (unpaired) electrons. The maximum absolute atomic E-state index is 5.63. The third kappa shape index (κ3) is 2.08. The number of benzene rings is 2. The van der Waals surface area contributed by atoms with Crippen LogP contribution in [0.4, 0.5) is 0 Å². The average Bonchev–Trinajstić information content (AvgIpc) is 2.17. The molecule has 1 unspecified atom stereocenters. The normalized spacial score (nSPS) is 13.0. The van der Waals surface area contributed by atoms with Gasteiger partial charge < -0.3 is 5.73 Å². The second-order valence-electron chi connectivity index (χ2n) is 3.45. The Morgan fingerprint density at radius 1 is 1.07 bits per heavy atom. The lowest BCUT2D eigenvalue weighted by Crippen LogP contribution is -2.14. The lowest BCUT2D eigenvalue weighted by molar-refractivity contribution is 0.911. The molecule has 0 saturated heterocycles. The number of hydrogen-bond donors (Lipinski definition) is 2. The number of thiol groups is 1. The molecule has 2 N–H and O–H groups in total. The maximum Gasteiger partial charge on any atom is 0.0518 e. The van der Waals surface area contributed by atoms with Crippen LogP contribution in [0.25, 0.3) is 10.8 Å². The predicted octanol–water partition coefficient (Wildman–Crippen LogP) is 2.60. The van der Waals surface area contributed by atoms with Crippen LogP contribution in [0.3, 0.4) is 0 Å². The van der Waals surface area contributed by atoms with Crippen LogP contribution < -0.4 is 5.73 Å². The molecule has 72 valence electrons. The summed E-state index contributed by atoms with van der Waals surface area (Å²) < 4.78 is 0. The van der Waals surface area contributed by atoms with Crippen LogP contribution in [-0.4, -0.2) is 5.37 Å². The molecule has 0 aliphatic rings. The van der Waals surface area contributed by atoms with Crippen molar-refractivity contribution in [3.05, 3.63) is 48.0 Å². The SMILES string of the molecule is NC(S)Cc1ccc2ccccc2c1. The number of nitrogens with two attached hydrogens (primary N) is 1. The van der Waals surface area contributed by atoms with Gasteiger partial charge in [0.05, 0.1) is 5.37 Å². The van der Waals surface area contributed by atoms with E-state index in [4.69, 9.17) is 5.73 Å². The van der Waals surface area contributed by atoms with Gasteiger partial charge in [-0.2, -0.15) is 12.6 Å². The number of hydrogen-bond acceptors (Lipinski definition) is 2. The number of fused-ring (bicyclic) bond motifs is 1. The Morgan fingerprint density at radius 3 is 2.50 bits per heavy atom. The van der Waals surface area contributed by atoms with E-state index in [0.717, 1.165) is 6.42 Å². The Balaban J connectivity index is 2.41. The van der Waals surface area contributed by atoms with Crippen LogP contribution in [0.2, 0.25) is 0 Å². The van der Waals surface area contributed by atoms with Gasteiger partial charge in [-0.05, 0) is 22.8 Å². The summed E-state index contributed by atoms with van der Waals surface area (Å²) in [6.45, 7) is 0. The van der Waals surface area contributed by atoms with Crippen molar-refractivity contribution in [2.24, 2.45) is 5.73 Å². The van der Waals surface area contributed by atoms with Crippen molar-refractivity contribution in [1.82, 2.24) is 0 Å². The highest BCUT2D eigenvalue weighted by Gasteiger charge is 1.99. The third-order valence-electron chi connectivity index (χ3n) is 2.26. The van der Waals surface area contributed by atoms with Gasteiger partial charge >= 0.3 is 0 Å². The quantitative estimate of drug-likeness (QED) is 0.569. The molecule has 2 rings (SSSR count). The summed E-state index contributed by atoms with van der Waals surface area (Å²) in [5.74, 6) is 0. The average molecular weight is 203 g/mol.